The number of hydrogen-bond donors (Lipinski definition) is 1. The number of para-hydroxylation sites is 3. The predicted molar refractivity (Wildman–Crippen MR) is 117 cm³/mol. The zero-order chi connectivity index (χ0) is 21.6. The van der Waals surface area contributed by atoms with E-state index >= 15 is 0 Å². The Bertz CT molecular complexity index is 1100. The van der Waals surface area contributed by atoms with Crippen LogP contribution in [0.25, 0.3) is 0 Å². The van der Waals surface area contributed by atoms with Gasteiger partial charge in [-0.15, -0.1) is 0 Å². The fourth-order valence-corrected chi connectivity index (χ4v) is 4.26. The molecule has 3 aromatic carbocycles. The number of benzene rings is 3. The summed E-state index contributed by atoms with van der Waals surface area (Å²) < 4.78 is 32.8. The Morgan fingerprint density at radius 3 is 2.23 bits per heavy atom. The van der Waals surface area contributed by atoms with Crippen molar-refractivity contribution in [2.45, 2.75) is 18.7 Å². The van der Waals surface area contributed by atoms with Gasteiger partial charge in [0.15, 0.2) is 5.75 Å². The number of anilines is 1. The van der Waals surface area contributed by atoms with E-state index in [0.29, 0.717) is 17.2 Å². The molecule has 0 aliphatic rings. The zero-order valence-corrected chi connectivity index (χ0v) is 17.7. The second-order valence-electron chi connectivity index (χ2n) is 6.70. The van der Waals surface area contributed by atoms with Crippen molar-refractivity contribution in [2.24, 2.45) is 0 Å². The maximum absolute atomic E-state index is 12.9. The Kier molecular flexibility index (Phi) is 6.87. The van der Waals surface area contributed by atoms with Crippen LogP contribution in [0, 0.1) is 6.92 Å². The molecule has 7 heteroatoms. The van der Waals surface area contributed by atoms with Gasteiger partial charge >= 0.3 is 0 Å². The Morgan fingerprint density at radius 2 is 1.57 bits per heavy atom. The van der Waals surface area contributed by atoms with E-state index in [4.69, 9.17) is 4.74 Å². The molecule has 0 heterocycles. The van der Waals surface area contributed by atoms with Crippen LogP contribution >= 0.6 is 0 Å². The normalized spacial score (nSPS) is 11.3. The zero-order valence-electron chi connectivity index (χ0n) is 16.9. The molecule has 6 nitrogen and oxygen atoms in total. The number of sulfonamides is 1. The van der Waals surface area contributed by atoms with Gasteiger partial charge in [0.2, 0.25) is 15.9 Å². The van der Waals surface area contributed by atoms with Crippen molar-refractivity contribution in [3.63, 3.8) is 0 Å². The average molecular weight is 425 g/mol. The van der Waals surface area contributed by atoms with Gasteiger partial charge in [-0.25, -0.2) is 8.42 Å². The van der Waals surface area contributed by atoms with Crippen molar-refractivity contribution < 1.29 is 17.9 Å². The molecule has 0 fully saturated rings. The summed E-state index contributed by atoms with van der Waals surface area (Å²) in [6, 6.07) is 22.8. The van der Waals surface area contributed by atoms with Gasteiger partial charge < -0.3 is 10.1 Å². The number of rotatable bonds is 8. The van der Waals surface area contributed by atoms with Crippen LogP contribution in [0.3, 0.4) is 0 Å². The highest BCUT2D eigenvalue weighted by molar-refractivity contribution is 7.89. The molecular weight excluding hydrogens is 400 g/mol. The molecule has 0 saturated carbocycles. The monoisotopic (exact) mass is 424 g/mol. The lowest BCUT2D eigenvalue weighted by Gasteiger charge is -2.20. The number of carbonyl (C=O) groups is 1. The van der Waals surface area contributed by atoms with E-state index in [1.165, 1.54) is 0 Å². The second kappa shape index (κ2) is 9.56. The Hall–Kier alpha value is -3.16. The van der Waals surface area contributed by atoms with E-state index in [9.17, 15) is 13.2 Å². The Morgan fingerprint density at radius 1 is 0.933 bits per heavy atom. The molecule has 3 aromatic rings. The maximum atomic E-state index is 12.9. The molecule has 0 bridgehead atoms. The van der Waals surface area contributed by atoms with Crippen LogP contribution in [0.5, 0.6) is 11.5 Å². The standard InChI is InChI=1S/C23H24N2O4S/c1-3-25(30(27,28)20-15-13-18(2)14-16-20)17-23(26)24-21-11-7-8-12-22(21)29-19-9-5-4-6-10-19/h4-16H,3,17H2,1-2H3,(H,24,26). The number of nitrogens with zero attached hydrogens (tertiary/aromatic N) is 1. The lowest BCUT2D eigenvalue weighted by atomic mass is 10.2. The van der Waals surface area contributed by atoms with Crippen LogP contribution in [0.4, 0.5) is 5.69 Å². The van der Waals surface area contributed by atoms with Crippen molar-refractivity contribution >= 4 is 21.6 Å². The minimum absolute atomic E-state index is 0.163. The fraction of sp³-hybridized carbons (Fsp3) is 0.174. The van der Waals surface area contributed by atoms with Gasteiger partial charge in [-0.2, -0.15) is 4.31 Å². The van der Waals surface area contributed by atoms with Crippen molar-refractivity contribution in [2.75, 3.05) is 18.4 Å². The third kappa shape index (κ3) is 5.25. The summed E-state index contributed by atoms with van der Waals surface area (Å²) >= 11 is 0. The predicted octanol–water partition coefficient (Wildman–Crippen LogP) is 4.44. The fourth-order valence-electron chi connectivity index (χ4n) is 2.85. The van der Waals surface area contributed by atoms with Gasteiger partial charge in [-0.1, -0.05) is 55.0 Å². The molecule has 1 amide bonds. The van der Waals surface area contributed by atoms with E-state index in [-0.39, 0.29) is 18.0 Å². The van der Waals surface area contributed by atoms with Gasteiger partial charge in [0, 0.05) is 6.54 Å². The average Bonchev–Trinajstić information content (AvgIpc) is 2.74. The van der Waals surface area contributed by atoms with Crippen molar-refractivity contribution in [3.05, 3.63) is 84.4 Å². The molecule has 156 valence electrons. The molecule has 0 aliphatic heterocycles. The smallest absolute Gasteiger partial charge is 0.243 e. The molecule has 30 heavy (non-hydrogen) atoms. The number of carbonyl (C=O) groups excluding carboxylic acids is 1. The molecule has 0 atom stereocenters. The number of amides is 1. The molecule has 0 aromatic heterocycles. The molecule has 0 radical (unpaired) electrons. The van der Waals surface area contributed by atoms with Crippen molar-refractivity contribution in [3.8, 4) is 11.5 Å². The van der Waals surface area contributed by atoms with Crippen molar-refractivity contribution in [1.82, 2.24) is 4.31 Å². The minimum Gasteiger partial charge on any atom is -0.455 e. The number of likely N-dealkylation sites (N-methyl/N-ethyl adjacent to an activating group) is 1. The lowest BCUT2D eigenvalue weighted by molar-refractivity contribution is -0.116. The second-order valence-corrected chi connectivity index (χ2v) is 8.64. The third-order valence-corrected chi connectivity index (χ3v) is 6.40. The first-order valence-corrected chi connectivity index (χ1v) is 11.0. The summed E-state index contributed by atoms with van der Waals surface area (Å²) in [6.45, 7) is 3.46. The number of hydrogen-bond acceptors (Lipinski definition) is 4. The van der Waals surface area contributed by atoms with Gasteiger partial charge in [-0.05, 0) is 43.3 Å². The van der Waals surface area contributed by atoms with Gasteiger partial charge in [0.1, 0.15) is 5.75 Å². The molecule has 0 spiro atoms. The highest BCUT2D eigenvalue weighted by atomic mass is 32.2. The summed E-state index contributed by atoms with van der Waals surface area (Å²) in [5, 5.41) is 2.76. The SMILES string of the molecule is CCN(CC(=O)Nc1ccccc1Oc1ccccc1)S(=O)(=O)c1ccc(C)cc1. The minimum atomic E-state index is -3.77. The largest absolute Gasteiger partial charge is 0.455 e. The van der Waals surface area contributed by atoms with Crippen LogP contribution in [0.15, 0.2) is 83.8 Å². The van der Waals surface area contributed by atoms with Crippen LogP contribution < -0.4 is 10.1 Å². The molecule has 0 saturated heterocycles. The Labute approximate surface area is 177 Å². The van der Waals surface area contributed by atoms with E-state index < -0.39 is 15.9 Å². The van der Waals surface area contributed by atoms with Crippen LogP contribution in [-0.4, -0.2) is 31.7 Å². The summed E-state index contributed by atoms with van der Waals surface area (Å²) in [7, 11) is -3.77. The molecule has 0 aliphatic carbocycles. The summed E-state index contributed by atoms with van der Waals surface area (Å²) in [4.78, 5) is 12.8. The first-order valence-electron chi connectivity index (χ1n) is 9.58. The maximum Gasteiger partial charge on any atom is 0.243 e. The first-order chi connectivity index (χ1) is 14.4. The number of ether oxygens (including phenoxy) is 1. The van der Waals surface area contributed by atoms with Crippen LogP contribution in [0.1, 0.15) is 12.5 Å². The van der Waals surface area contributed by atoms with E-state index in [2.05, 4.69) is 5.32 Å². The molecule has 0 unspecified atom stereocenters. The van der Waals surface area contributed by atoms with E-state index in [0.717, 1.165) is 9.87 Å². The topological polar surface area (TPSA) is 75.7 Å². The van der Waals surface area contributed by atoms with E-state index in [1.807, 2.05) is 37.3 Å². The van der Waals surface area contributed by atoms with Crippen LogP contribution in [0.2, 0.25) is 0 Å². The molecule has 3 rings (SSSR count). The van der Waals surface area contributed by atoms with E-state index in [1.54, 1.807) is 55.5 Å². The number of aryl methyl sites for hydroxylation is 1. The van der Waals surface area contributed by atoms with Gasteiger partial charge in [0.05, 0.1) is 17.1 Å². The summed E-state index contributed by atoms with van der Waals surface area (Å²) in [6.07, 6.45) is 0. The highest BCUT2D eigenvalue weighted by Crippen LogP contribution is 2.29. The summed E-state index contributed by atoms with van der Waals surface area (Å²) in [5.41, 5.74) is 1.43. The highest BCUT2D eigenvalue weighted by Gasteiger charge is 2.25. The first kappa shape index (κ1) is 21.5. The van der Waals surface area contributed by atoms with Gasteiger partial charge in [-0.3, -0.25) is 4.79 Å². The van der Waals surface area contributed by atoms with Crippen LogP contribution in [-0.2, 0) is 14.8 Å². The quantitative estimate of drug-likeness (QED) is 0.580. The summed E-state index contributed by atoms with van der Waals surface area (Å²) in [5.74, 6) is 0.662. The Balaban J connectivity index is 1.74. The number of nitrogens with one attached hydrogen (secondary N) is 1. The third-order valence-electron chi connectivity index (χ3n) is 4.46. The van der Waals surface area contributed by atoms with Crippen molar-refractivity contribution in [1.29, 1.82) is 0 Å². The molecular formula is C23H24N2O4S. The van der Waals surface area contributed by atoms with Gasteiger partial charge in [0.25, 0.3) is 0 Å². The molecule has 1 N–H and O–H groups in total. The lowest BCUT2D eigenvalue weighted by Crippen LogP contribution is -2.37.